The molecular weight excluding hydrogens is 266 g/mol. The summed E-state index contributed by atoms with van der Waals surface area (Å²) in [5.74, 6) is 1.31. The van der Waals surface area contributed by atoms with E-state index in [-0.39, 0.29) is 18.1 Å². The summed E-state index contributed by atoms with van der Waals surface area (Å²) in [5.41, 5.74) is 0.577. The van der Waals surface area contributed by atoms with E-state index in [1.54, 1.807) is 7.11 Å². The quantitative estimate of drug-likeness (QED) is 0.812. The Morgan fingerprint density at radius 2 is 2.00 bits per heavy atom. The lowest BCUT2D eigenvalue weighted by molar-refractivity contribution is 0.153. The Morgan fingerprint density at radius 1 is 1.37 bits per heavy atom. The number of rotatable bonds is 5. The van der Waals surface area contributed by atoms with Gasteiger partial charge in [-0.25, -0.2) is 9.97 Å². The Labute approximate surface area is 119 Å². The van der Waals surface area contributed by atoms with Gasteiger partial charge in [0, 0.05) is 18.1 Å². The van der Waals surface area contributed by atoms with E-state index in [1.165, 1.54) is 0 Å². The summed E-state index contributed by atoms with van der Waals surface area (Å²) in [4.78, 5) is 8.81. The predicted molar refractivity (Wildman–Crippen MR) is 76.9 cm³/mol. The van der Waals surface area contributed by atoms with E-state index in [1.807, 2.05) is 27.7 Å². The van der Waals surface area contributed by atoms with Crippen LogP contribution < -0.4 is 5.32 Å². The van der Waals surface area contributed by atoms with Crippen molar-refractivity contribution < 1.29 is 9.84 Å². The minimum absolute atomic E-state index is 0.0419. The van der Waals surface area contributed by atoms with Gasteiger partial charge >= 0.3 is 0 Å². The van der Waals surface area contributed by atoms with Crippen molar-refractivity contribution in [2.24, 2.45) is 0 Å². The van der Waals surface area contributed by atoms with Gasteiger partial charge in [-0.05, 0) is 6.92 Å². The van der Waals surface area contributed by atoms with Gasteiger partial charge in [0.05, 0.1) is 19.3 Å². The van der Waals surface area contributed by atoms with Crippen LogP contribution in [0.4, 0.5) is 5.82 Å². The van der Waals surface area contributed by atoms with E-state index in [0.29, 0.717) is 23.4 Å². The summed E-state index contributed by atoms with van der Waals surface area (Å²) < 4.78 is 5.04. The highest BCUT2D eigenvalue weighted by atomic mass is 35.5. The standard InChI is InChI=1S/C13H22ClN3O2/c1-8-10(14)16-12(13(2,3)4)17-11(8)15-9(6-18)7-19-5/h9,18H,6-7H2,1-5H3,(H,15,16,17). The molecular formula is C13H22ClN3O2. The van der Waals surface area contributed by atoms with Crippen molar-refractivity contribution >= 4 is 17.4 Å². The first kappa shape index (κ1) is 16.1. The van der Waals surface area contributed by atoms with Crippen LogP contribution in [0.25, 0.3) is 0 Å². The fourth-order valence-electron chi connectivity index (χ4n) is 1.50. The molecule has 0 aliphatic rings. The molecule has 0 radical (unpaired) electrons. The summed E-state index contributed by atoms with van der Waals surface area (Å²) in [7, 11) is 1.59. The lowest BCUT2D eigenvalue weighted by Gasteiger charge is -2.22. The number of nitrogens with one attached hydrogen (secondary N) is 1. The normalized spacial score (nSPS) is 13.4. The molecule has 1 rings (SSSR count). The molecule has 1 aromatic rings. The summed E-state index contributed by atoms with van der Waals surface area (Å²) >= 11 is 6.14. The molecule has 0 aliphatic carbocycles. The number of ether oxygens (including phenoxy) is 1. The number of anilines is 1. The summed E-state index contributed by atoms with van der Waals surface area (Å²) in [6.45, 7) is 8.27. The second-order valence-electron chi connectivity index (χ2n) is 5.54. The van der Waals surface area contributed by atoms with Crippen LogP contribution in [0.1, 0.15) is 32.2 Å². The van der Waals surface area contributed by atoms with Crippen LogP contribution in [-0.4, -0.2) is 41.4 Å². The monoisotopic (exact) mass is 287 g/mol. The number of aromatic nitrogens is 2. The molecule has 5 nitrogen and oxygen atoms in total. The van der Waals surface area contributed by atoms with Crippen molar-refractivity contribution in [3.05, 3.63) is 16.5 Å². The Bertz CT molecular complexity index is 433. The molecule has 0 saturated carbocycles. The van der Waals surface area contributed by atoms with E-state index in [4.69, 9.17) is 16.3 Å². The zero-order valence-corrected chi connectivity index (χ0v) is 12.9. The average Bonchev–Trinajstić information content (AvgIpc) is 2.32. The van der Waals surface area contributed by atoms with Crippen molar-refractivity contribution in [3.63, 3.8) is 0 Å². The zero-order chi connectivity index (χ0) is 14.6. The molecule has 1 aromatic heterocycles. The van der Waals surface area contributed by atoms with Crippen LogP contribution in [0.15, 0.2) is 0 Å². The molecule has 0 aromatic carbocycles. The second-order valence-corrected chi connectivity index (χ2v) is 5.90. The van der Waals surface area contributed by atoms with Gasteiger partial charge in [0.1, 0.15) is 16.8 Å². The second kappa shape index (κ2) is 6.50. The first-order valence-electron chi connectivity index (χ1n) is 6.20. The molecule has 2 N–H and O–H groups in total. The average molecular weight is 288 g/mol. The number of methoxy groups -OCH3 is 1. The first-order chi connectivity index (χ1) is 8.79. The summed E-state index contributed by atoms with van der Waals surface area (Å²) in [5, 5.41) is 12.9. The number of halogens is 1. The Balaban J connectivity index is 3.09. The molecule has 0 fully saturated rings. The highest BCUT2D eigenvalue weighted by molar-refractivity contribution is 6.30. The highest BCUT2D eigenvalue weighted by Gasteiger charge is 2.21. The fraction of sp³-hybridized carbons (Fsp3) is 0.692. The van der Waals surface area contributed by atoms with E-state index in [2.05, 4.69) is 15.3 Å². The molecule has 0 spiro atoms. The third-order valence-corrected chi connectivity index (χ3v) is 3.05. The van der Waals surface area contributed by atoms with Crippen LogP contribution in [0.3, 0.4) is 0 Å². The number of aliphatic hydroxyl groups is 1. The van der Waals surface area contributed by atoms with Crippen molar-refractivity contribution in [2.45, 2.75) is 39.2 Å². The largest absolute Gasteiger partial charge is 0.394 e. The van der Waals surface area contributed by atoms with Gasteiger partial charge in [0.25, 0.3) is 0 Å². The molecule has 0 aliphatic heterocycles. The van der Waals surface area contributed by atoms with Gasteiger partial charge in [-0.3, -0.25) is 0 Å². The third kappa shape index (κ3) is 4.30. The van der Waals surface area contributed by atoms with Crippen molar-refractivity contribution in [1.29, 1.82) is 0 Å². The number of hydrogen-bond acceptors (Lipinski definition) is 5. The fourth-order valence-corrected chi connectivity index (χ4v) is 1.67. The number of nitrogens with zero attached hydrogens (tertiary/aromatic N) is 2. The number of hydrogen-bond donors (Lipinski definition) is 2. The van der Waals surface area contributed by atoms with Crippen LogP contribution in [0.5, 0.6) is 0 Å². The topological polar surface area (TPSA) is 67.3 Å². The maximum absolute atomic E-state index is 9.29. The van der Waals surface area contributed by atoms with Crippen LogP contribution in [0.2, 0.25) is 5.15 Å². The van der Waals surface area contributed by atoms with Crippen LogP contribution in [-0.2, 0) is 10.2 Å². The van der Waals surface area contributed by atoms with Gasteiger partial charge in [-0.2, -0.15) is 0 Å². The van der Waals surface area contributed by atoms with E-state index in [0.717, 1.165) is 5.56 Å². The van der Waals surface area contributed by atoms with E-state index < -0.39 is 0 Å². The van der Waals surface area contributed by atoms with Gasteiger partial charge in [-0.1, -0.05) is 32.4 Å². The van der Waals surface area contributed by atoms with Crippen molar-refractivity contribution in [3.8, 4) is 0 Å². The Hall–Kier alpha value is -0.910. The van der Waals surface area contributed by atoms with Gasteiger partial charge in [0.15, 0.2) is 0 Å². The lowest BCUT2D eigenvalue weighted by atomic mass is 9.95. The van der Waals surface area contributed by atoms with Crippen LogP contribution in [0, 0.1) is 6.92 Å². The Morgan fingerprint density at radius 3 is 2.47 bits per heavy atom. The molecule has 108 valence electrons. The van der Waals surface area contributed by atoms with Gasteiger partial charge in [-0.15, -0.1) is 0 Å². The predicted octanol–water partition coefficient (Wildman–Crippen LogP) is 2.16. The summed E-state index contributed by atoms with van der Waals surface area (Å²) in [6.07, 6.45) is 0. The molecule has 0 bridgehead atoms. The van der Waals surface area contributed by atoms with Crippen LogP contribution >= 0.6 is 11.6 Å². The molecule has 1 unspecified atom stereocenters. The van der Waals surface area contributed by atoms with E-state index >= 15 is 0 Å². The summed E-state index contributed by atoms with van der Waals surface area (Å²) in [6, 6.07) is -0.220. The van der Waals surface area contributed by atoms with Crippen molar-refractivity contribution in [2.75, 3.05) is 25.6 Å². The first-order valence-corrected chi connectivity index (χ1v) is 6.58. The molecule has 19 heavy (non-hydrogen) atoms. The van der Waals surface area contributed by atoms with Crippen molar-refractivity contribution in [1.82, 2.24) is 9.97 Å². The third-order valence-electron chi connectivity index (χ3n) is 2.69. The minimum atomic E-state index is -0.220. The maximum Gasteiger partial charge on any atom is 0.137 e. The minimum Gasteiger partial charge on any atom is -0.394 e. The lowest BCUT2D eigenvalue weighted by Crippen LogP contribution is -2.30. The zero-order valence-electron chi connectivity index (χ0n) is 12.1. The SMILES string of the molecule is COCC(CO)Nc1nc(C(C)(C)C)nc(Cl)c1C. The van der Waals surface area contributed by atoms with E-state index in [9.17, 15) is 5.11 Å². The molecule has 1 heterocycles. The highest BCUT2D eigenvalue weighted by Crippen LogP contribution is 2.26. The molecule has 0 amide bonds. The molecule has 6 heteroatoms. The van der Waals surface area contributed by atoms with Gasteiger partial charge in [0.2, 0.25) is 0 Å². The van der Waals surface area contributed by atoms with Gasteiger partial charge < -0.3 is 15.2 Å². The number of aliphatic hydroxyl groups excluding tert-OH is 1. The molecule has 1 atom stereocenters. The maximum atomic E-state index is 9.29. The molecule has 0 saturated heterocycles. The Kier molecular flexibility index (Phi) is 5.52. The smallest absolute Gasteiger partial charge is 0.137 e.